The third-order valence-electron chi connectivity index (χ3n) is 5.64. The Bertz CT molecular complexity index is 1190. The fourth-order valence-electron chi connectivity index (χ4n) is 4.21. The van der Waals surface area contributed by atoms with Crippen molar-refractivity contribution in [1.29, 1.82) is 0 Å². The number of fused-ring (bicyclic) bond motifs is 1. The lowest BCUT2D eigenvalue weighted by Crippen LogP contribution is -2.37. The molecule has 0 radical (unpaired) electrons. The van der Waals surface area contributed by atoms with Crippen molar-refractivity contribution in [3.05, 3.63) is 106 Å². The number of amides is 2. The van der Waals surface area contributed by atoms with Crippen molar-refractivity contribution in [3.63, 3.8) is 0 Å². The molecule has 2 aliphatic heterocycles. The van der Waals surface area contributed by atoms with Gasteiger partial charge in [0.05, 0.1) is 11.3 Å². The van der Waals surface area contributed by atoms with Gasteiger partial charge in [-0.2, -0.15) is 0 Å². The first kappa shape index (κ1) is 18.6. The van der Waals surface area contributed by atoms with Crippen LogP contribution in [0.4, 0.5) is 5.69 Å². The van der Waals surface area contributed by atoms with Gasteiger partial charge < -0.3 is 4.90 Å². The van der Waals surface area contributed by atoms with Crippen LogP contribution < -0.4 is 4.90 Å². The van der Waals surface area contributed by atoms with Crippen LogP contribution in [0, 0.1) is 0 Å². The van der Waals surface area contributed by atoms with Crippen molar-refractivity contribution < 1.29 is 9.59 Å². The van der Waals surface area contributed by atoms with Crippen molar-refractivity contribution in [3.8, 4) is 0 Å². The molecule has 0 N–H and O–H groups in total. The first-order valence-corrected chi connectivity index (χ1v) is 10.3. The molecule has 2 amide bonds. The Hall–Kier alpha value is -3.37. The summed E-state index contributed by atoms with van der Waals surface area (Å²) >= 11 is 6.14. The Labute approximate surface area is 180 Å². The van der Waals surface area contributed by atoms with Gasteiger partial charge in [-0.05, 0) is 41.3 Å². The second-order valence-electron chi connectivity index (χ2n) is 7.46. The number of imide groups is 1. The minimum absolute atomic E-state index is 0.305. The maximum Gasteiger partial charge on any atom is 0.282 e. The average Bonchev–Trinajstić information content (AvgIpc) is 3.04. The monoisotopic (exact) mass is 414 g/mol. The third kappa shape index (κ3) is 3.10. The molecular formula is C25H19ClN2O2. The van der Waals surface area contributed by atoms with Crippen LogP contribution >= 0.6 is 11.6 Å². The molecule has 0 saturated carbocycles. The summed E-state index contributed by atoms with van der Waals surface area (Å²) in [5.74, 6) is -0.622. The second kappa shape index (κ2) is 7.47. The zero-order chi connectivity index (χ0) is 20.7. The summed E-state index contributed by atoms with van der Waals surface area (Å²) in [5.41, 5.74) is 4.61. The number of nitrogens with zero attached hydrogens (tertiary/aromatic N) is 2. The normalized spacial score (nSPS) is 16.3. The number of hydrogen-bond acceptors (Lipinski definition) is 3. The van der Waals surface area contributed by atoms with Crippen LogP contribution in [0.25, 0.3) is 5.57 Å². The molecule has 0 aliphatic carbocycles. The third-order valence-corrected chi connectivity index (χ3v) is 5.87. The van der Waals surface area contributed by atoms with E-state index in [4.69, 9.17) is 11.6 Å². The van der Waals surface area contributed by atoms with E-state index in [9.17, 15) is 9.59 Å². The van der Waals surface area contributed by atoms with Gasteiger partial charge in [0.2, 0.25) is 0 Å². The van der Waals surface area contributed by atoms with Crippen LogP contribution in [0.3, 0.4) is 0 Å². The van der Waals surface area contributed by atoms with Crippen molar-refractivity contribution in [2.24, 2.45) is 0 Å². The zero-order valence-electron chi connectivity index (χ0n) is 16.2. The lowest BCUT2D eigenvalue weighted by molar-refractivity contribution is -0.120. The lowest BCUT2D eigenvalue weighted by atomic mass is 9.98. The minimum Gasteiger partial charge on any atom is -0.362 e. The van der Waals surface area contributed by atoms with Gasteiger partial charge in [-0.25, -0.2) is 4.90 Å². The van der Waals surface area contributed by atoms with E-state index >= 15 is 0 Å². The molecule has 2 heterocycles. The fourth-order valence-corrected chi connectivity index (χ4v) is 4.40. The number of anilines is 1. The number of halogens is 1. The maximum absolute atomic E-state index is 13.6. The van der Waals surface area contributed by atoms with Gasteiger partial charge in [0.25, 0.3) is 11.8 Å². The molecule has 0 atom stereocenters. The molecule has 3 aromatic rings. The average molecular weight is 415 g/mol. The van der Waals surface area contributed by atoms with E-state index in [1.807, 2.05) is 47.4 Å². The summed E-state index contributed by atoms with van der Waals surface area (Å²) in [5, 5.41) is 0.481. The first-order chi connectivity index (χ1) is 14.6. The summed E-state index contributed by atoms with van der Waals surface area (Å²) in [7, 11) is 0. The highest BCUT2D eigenvalue weighted by Gasteiger charge is 2.43. The van der Waals surface area contributed by atoms with E-state index in [0.29, 0.717) is 35.1 Å². The maximum atomic E-state index is 13.6. The molecule has 0 saturated heterocycles. The summed E-state index contributed by atoms with van der Waals surface area (Å²) in [4.78, 5) is 30.4. The van der Waals surface area contributed by atoms with E-state index in [1.54, 1.807) is 24.3 Å². The quantitative estimate of drug-likeness (QED) is 0.584. The smallest absolute Gasteiger partial charge is 0.282 e. The Morgan fingerprint density at radius 2 is 1.50 bits per heavy atom. The van der Waals surface area contributed by atoms with Crippen LogP contribution in [0.1, 0.15) is 16.7 Å². The number of carbonyl (C=O) groups excluding carboxylic acids is 2. The van der Waals surface area contributed by atoms with Gasteiger partial charge in [0.15, 0.2) is 0 Å². The second-order valence-corrected chi connectivity index (χ2v) is 7.89. The van der Waals surface area contributed by atoms with E-state index in [-0.39, 0.29) is 11.8 Å². The lowest BCUT2D eigenvalue weighted by Gasteiger charge is -2.31. The van der Waals surface area contributed by atoms with E-state index in [0.717, 1.165) is 12.0 Å². The Morgan fingerprint density at radius 1 is 0.767 bits per heavy atom. The standard InChI is InChI=1S/C25H19ClN2O2/c26-20-11-6-12-21(15-20)28-24(29)22(18-8-2-1-3-9-18)23(25(28)30)27-14-13-17-7-4-5-10-19(17)16-27/h1-12,15H,13-14,16H2. The molecule has 5 heteroatoms. The van der Waals surface area contributed by atoms with Crippen molar-refractivity contribution in [1.82, 2.24) is 4.90 Å². The molecule has 0 fully saturated rings. The molecule has 0 spiro atoms. The van der Waals surface area contributed by atoms with Crippen LogP contribution in [-0.2, 0) is 22.6 Å². The van der Waals surface area contributed by atoms with E-state index < -0.39 is 0 Å². The molecule has 30 heavy (non-hydrogen) atoms. The number of rotatable bonds is 3. The molecule has 0 aromatic heterocycles. The topological polar surface area (TPSA) is 40.6 Å². The van der Waals surface area contributed by atoms with Crippen LogP contribution in [-0.4, -0.2) is 23.3 Å². The van der Waals surface area contributed by atoms with Gasteiger partial charge in [0.1, 0.15) is 5.70 Å². The van der Waals surface area contributed by atoms with Gasteiger partial charge >= 0.3 is 0 Å². The Balaban J connectivity index is 1.62. The minimum atomic E-state index is -0.317. The van der Waals surface area contributed by atoms with Crippen LogP contribution in [0.15, 0.2) is 84.6 Å². The Kier molecular flexibility index (Phi) is 4.64. The highest BCUT2D eigenvalue weighted by atomic mass is 35.5. The summed E-state index contributed by atoms with van der Waals surface area (Å²) < 4.78 is 0. The van der Waals surface area contributed by atoms with Crippen LogP contribution in [0.2, 0.25) is 5.02 Å². The van der Waals surface area contributed by atoms with Gasteiger partial charge in [-0.15, -0.1) is 0 Å². The molecule has 5 rings (SSSR count). The Morgan fingerprint density at radius 3 is 2.27 bits per heavy atom. The summed E-state index contributed by atoms with van der Waals surface area (Å²) in [6, 6.07) is 24.5. The molecule has 3 aromatic carbocycles. The van der Waals surface area contributed by atoms with Gasteiger partial charge in [0, 0.05) is 18.1 Å². The summed E-state index contributed by atoms with van der Waals surface area (Å²) in [6.07, 6.45) is 0.834. The highest BCUT2D eigenvalue weighted by molar-refractivity contribution is 6.45. The molecule has 0 bridgehead atoms. The van der Waals surface area contributed by atoms with Crippen LogP contribution in [0.5, 0.6) is 0 Å². The molecule has 4 nitrogen and oxygen atoms in total. The highest BCUT2D eigenvalue weighted by Crippen LogP contribution is 2.37. The largest absolute Gasteiger partial charge is 0.362 e. The van der Waals surface area contributed by atoms with Crippen molar-refractivity contribution in [2.45, 2.75) is 13.0 Å². The zero-order valence-corrected chi connectivity index (χ0v) is 17.0. The number of hydrogen-bond donors (Lipinski definition) is 0. The number of carbonyl (C=O) groups is 2. The van der Waals surface area contributed by atoms with E-state index in [1.165, 1.54) is 16.0 Å². The first-order valence-electron chi connectivity index (χ1n) is 9.89. The SMILES string of the molecule is O=C1C(c2ccccc2)=C(N2CCc3ccccc3C2)C(=O)N1c1cccc(Cl)c1. The van der Waals surface area contributed by atoms with Crippen molar-refractivity contribution in [2.75, 3.05) is 11.4 Å². The molecule has 2 aliphatic rings. The predicted octanol–water partition coefficient (Wildman–Crippen LogP) is 4.68. The number of benzene rings is 3. The van der Waals surface area contributed by atoms with Gasteiger partial charge in [-0.3, -0.25) is 9.59 Å². The van der Waals surface area contributed by atoms with E-state index in [2.05, 4.69) is 12.1 Å². The van der Waals surface area contributed by atoms with Crippen molar-refractivity contribution >= 4 is 34.7 Å². The molecule has 148 valence electrons. The fraction of sp³-hybridized carbons (Fsp3) is 0.120. The molecular weight excluding hydrogens is 396 g/mol. The summed E-state index contributed by atoms with van der Waals surface area (Å²) in [6.45, 7) is 1.29. The molecule has 0 unspecified atom stereocenters. The van der Waals surface area contributed by atoms with Gasteiger partial charge in [-0.1, -0.05) is 72.3 Å². The predicted molar refractivity (Wildman–Crippen MR) is 118 cm³/mol.